The van der Waals surface area contributed by atoms with Crippen LogP contribution in [0.1, 0.15) is 17.4 Å². The molecule has 5 heteroatoms. The number of amides is 1. The van der Waals surface area contributed by atoms with Crippen LogP contribution in [0.5, 0.6) is 0 Å². The van der Waals surface area contributed by atoms with Gasteiger partial charge in [-0.1, -0.05) is 24.3 Å². The molecule has 0 spiro atoms. The molecule has 1 saturated heterocycles. The molecule has 1 N–H and O–H groups in total. The van der Waals surface area contributed by atoms with Gasteiger partial charge < -0.3 is 14.7 Å². The Morgan fingerprint density at radius 2 is 2.19 bits per heavy atom. The number of fused-ring (bicyclic) bond motifs is 1. The van der Waals surface area contributed by atoms with Gasteiger partial charge in [0.05, 0.1) is 18.8 Å². The van der Waals surface area contributed by atoms with Gasteiger partial charge in [-0.3, -0.25) is 9.78 Å². The number of nitrogens with zero attached hydrogens (tertiary/aromatic N) is 2. The van der Waals surface area contributed by atoms with Crippen molar-refractivity contribution in [2.45, 2.75) is 19.1 Å². The highest BCUT2D eigenvalue weighted by Gasteiger charge is 2.29. The van der Waals surface area contributed by atoms with E-state index in [4.69, 9.17) is 4.74 Å². The second-order valence-electron chi connectivity index (χ2n) is 5.34. The summed E-state index contributed by atoms with van der Waals surface area (Å²) in [4.78, 5) is 18.7. The lowest BCUT2D eigenvalue weighted by molar-refractivity contribution is -0.0859. The van der Waals surface area contributed by atoms with Gasteiger partial charge in [0, 0.05) is 24.7 Å². The van der Waals surface area contributed by atoms with Crippen molar-refractivity contribution >= 4 is 16.7 Å². The van der Waals surface area contributed by atoms with Gasteiger partial charge in [0.25, 0.3) is 5.91 Å². The van der Waals surface area contributed by atoms with Gasteiger partial charge >= 0.3 is 0 Å². The van der Waals surface area contributed by atoms with E-state index in [0.717, 1.165) is 10.8 Å². The summed E-state index contributed by atoms with van der Waals surface area (Å²) in [6, 6.07) is 9.61. The van der Waals surface area contributed by atoms with E-state index >= 15 is 0 Å². The third-order valence-corrected chi connectivity index (χ3v) is 3.69. The molecule has 2 aromatic rings. The Labute approximate surface area is 123 Å². The van der Waals surface area contributed by atoms with E-state index < -0.39 is 0 Å². The van der Waals surface area contributed by atoms with Crippen LogP contribution >= 0.6 is 0 Å². The van der Waals surface area contributed by atoms with Crippen molar-refractivity contribution in [2.75, 3.05) is 19.7 Å². The van der Waals surface area contributed by atoms with Gasteiger partial charge in [0.2, 0.25) is 0 Å². The Bertz CT molecular complexity index is 654. The van der Waals surface area contributed by atoms with Crippen LogP contribution in [0, 0.1) is 0 Å². The van der Waals surface area contributed by atoms with Crippen LogP contribution in [0.25, 0.3) is 10.8 Å². The second kappa shape index (κ2) is 5.79. The molecule has 5 nitrogen and oxygen atoms in total. The van der Waals surface area contributed by atoms with Crippen LogP contribution in [0.4, 0.5) is 0 Å². The lowest BCUT2D eigenvalue weighted by Gasteiger charge is -2.36. The highest BCUT2D eigenvalue weighted by molar-refractivity contribution is 6.05. The normalized spacial score (nSPS) is 22.5. The number of rotatable bonds is 2. The fraction of sp³-hybridized carbons (Fsp3) is 0.375. The highest BCUT2D eigenvalue weighted by atomic mass is 16.5. The molecule has 0 radical (unpaired) electrons. The zero-order valence-electron chi connectivity index (χ0n) is 11.9. The third-order valence-electron chi connectivity index (χ3n) is 3.69. The van der Waals surface area contributed by atoms with E-state index in [2.05, 4.69) is 4.98 Å². The molecule has 0 aliphatic carbocycles. The van der Waals surface area contributed by atoms with E-state index in [0.29, 0.717) is 18.8 Å². The molecular weight excluding hydrogens is 268 g/mol. The quantitative estimate of drug-likeness (QED) is 0.908. The van der Waals surface area contributed by atoms with Gasteiger partial charge in [0.1, 0.15) is 5.69 Å². The molecule has 2 unspecified atom stereocenters. The molecule has 2 heterocycles. The third kappa shape index (κ3) is 2.75. The standard InChI is InChI=1S/C16H18N2O3/c1-11-8-18(9-13(10-19)21-11)16(20)15-14-5-3-2-4-12(14)6-7-17-15/h2-7,11,13,19H,8-10H2,1H3. The van der Waals surface area contributed by atoms with Crippen molar-refractivity contribution in [3.63, 3.8) is 0 Å². The number of aromatic nitrogens is 1. The van der Waals surface area contributed by atoms with Crippen molar-refractivity contribution < 1.29 is 14.6 Å². The minimum atomic E-state index is -0.326. The molecule has 1 aromatic carbocycles. The second-order valence-corrected chi connectivity index (χ2v) is 5.34. The van der Waals surface area contributed by atoms with Gasteiger partial charge in [-0.15, -0.1) is 0 Å². The topological polar surface area (TPSA) is 62.7 Å². The van der Waals surface area contributed by atoms with Crippen LogP contribution in [-0.4, -0.2) is 52.8 Å². The molecule has 21 heavy (non-hydrogen) atoms. The summed E-state index contributed by atoms with van der Waals surface area (Å²) in [5.41, 5.74) is 0.457. The lowest BCUT2D eigenvalue weighted by atomic mass is 10.1. The van der Waals surface area contributed by atoms with Crippen LogP contribution in [0.15, 0.2) is 36.5 Å². The van der Waals surface area contributed by atoms with Crippen LogP contribution in [0.3, 0.4) is 0 Å². The summed E-state index contributed by atoms with van der Waals surface area (Å²) in [7, 11) is 0. The fourth-order valence-corrected chi connectivity index (χ4v) is 2.75. The maximum Gasteiger partial charge on any atom is 0.273 e. The molecule has 0 saturated carbocycles. The van der Waals surface area contributed by atoms with E-state index in [9.17, 15) is 9.90 Å². The highest BCUT2D eigenvalue weighted by Crippen LogP contribution is 2.20. The first-order chi connectivity index (χ1) is 10.2. The smallest absolute Gasteiger partial charge is 0.273 e. The number of carbonyl (C=O) groups excluding carboxylic acids is 1. The fourth-order valence-electron chi connectivity index (χ4n) is 2.75. The predicted molar refractivity (Wildman–Crippen MR) is 79.1 cm³/mol. The van der Waals surface area contributed by atoms with Crippen LogP contribution in [-0.2, 0) is 4.74 Å². The molecule has 3 rings (SSSR count). The minimum absolute atomic E-state index is 0.0862. The number of ether oxygens (including phenoxy) is 1. The summed E-state index contributed by atoms with van der Waals surface area (Å²) in [6.07, 6.45) is 1.24. The molecule has 1 amide bonds. The number of hydrogen-bond donors (Lipinski definition) is 1. The molecule has 1 fully saturated rings. The predicted octanol–water partition coefficient (Wildman–Crippen LogP) is 1.46. The first-order valence-corrected chi connectivity index (χ1v) is 7.08. The van der Waals surface area contributed by atoms with Crippen molar-refractivity contribution in [1.29, 1.82) is 0 Å². The van der Waals surface area contributed by atoms with Crippen molar-refractivity contribution in [3.05, 3.63) is 42.2 Å². The number of benzene rings is 1. The Morgan fingerprint density at radius 1 is 1.38 bits per heavy atom. The Hall–Kier alpha value is -1.98. The first kappa shape index (κ1) is 14.0. The Kier molecular flexibility index (Phi) is 3.86. The minimum Gasteiger partial charge on any atom is -0.394 e. The molecule has 0 bridgehead atoms. The van der Waals surface area contributed by atoms with Crippen molar-refractivity contribution in [3.8, 4) is 0 Å². The molecule has 1 aliphatic rings. The van der Waals surface area contributed by atoms with E-state index in [1.807, 2.05) is 37.3 Å². The summed E-state index contributed by atoms with van der Waals surface area (Å²) in [5.74, 6) is -0.111. The molecule has 1 aromatic heterocycles. The summed E-state index contributed by atoms with van der Waals surface area (Å²) < 4.78 is 5.57. The van der Waals surface area contributed by atoms with Gasteiger partial charge in [0.15, 0.2) is 0 Å². The zero-order chi connectivity index (χ0) is 14.8. The average molecular weight is 286 g/mol. The Morgan fingerprint density at radius 3 is 3.00 bits per heavy atom. The largest absolute Gasteiger partial charge is 0.394 e. The Balaban J connectivity index is 1.93. The summed E-state index contributed by atoms with van der Waals surface area (Å²) in [6.45, 7) is 2.72. The molecular formula is C16H18N2O3. The zero-order valence-corrected chi connectivity index (χ0v) is 11.9. The van der Waals surface area contributed by atoms with E-state index in [1.54, 1.807) is 11.1 Å². The van der Waals surface area contributed by atoms with Gasteiger partial charge in [-0.25, -0.2) is 0 Å². The maximum atomic E-state index is 12.7. The summed E-state index contributed by atoms with van der Waals surface area (Å²) >= 11 is 0. The summed E-state index contributed by atoms with van der Waals surface area (Å²) in [5, 5.41) is 11.1. The van der Waals surface area contributed by atoms with E-state index in [1.165, 1.54) is 0 Å². The molecule has 1 aliphatic heterocycles. The number of pyridine rings is 1. The number of carbonyl (C=O) groups is 1. The first-order valence-electron chi connectivity index (χ1n) is 7.08. The van der Waals surface area contributed by atoms with Crippen molar-refractivity contribution in [1.82, 2.24) is 9.88 Å². The number of morpholine rings is 1. The average Bonchev–Trinajstić information content (AvgIpc) is 2.53. The number of aliphatic hydroxyl groups excluding tert-OH is 1. The number of hydrogen-bond acceptors (Lipinski definition) is 4. The van der Waals surface area contributed by atoms with Crippen LogP contribution in [0.2, 0.25) is 0 Å². The molecule has 110 valence electrons. The van der Waals surface area contributed by atoms with Crippen molar-refractivity contribution in [2.24, 2.45) is 0 Å². The van der Waals surface area contributed by atoms with Crippen LogP contribution < -0.4 is 0 Å². The molecule has 2 atom stereocenters. The maximum absolute atomic E-state index is 12.7. The SMILES string of the molecule is CC1CN(C(=O)c2nccc3ccccc23)CC(CO)O1. The lowest BCUT2D eigenvalue weighted by Crippen LogP contribution is -2.50. The van der Waals surface area contributed by atoms with Gasteiger partial charge in [-0.05, 0) is 18.4 Å². The van der Waals surface area contributed by atoms with E-state index in [-0.39, 0.29) is 24.7 Å². The number of aliphatic hydroxyl groups is 1. The monoisotopic (exact) mass is 286 g/mol. The van der Waals surface area contributed by atoms with Gasteiger partial charge in [-0.2, -0.15) is 0 Å².